The second kappa shape index (κ2) is 10.2. The number of nitrogens with one attached hydrogen (secondary N) is 2. The average Bonchev–Trinajstić information content (AvgIpc) is 2.85. The number of ether oxygens (including phenoxy) is 1. The highest BCUT2D eigenvalue weighted by molar-refractivity contribution is 6.01. The van der Waals surface area contributed by atoms with Gasteiger partial charge in [-0.2, -0.15) is 0 Å². The molecule has 33 heavy (non-hydrogen) atoms. The van der Waals surface area contributed by atoms with Crippen molar-refractivity contribution in [2.75, 3.05) is 5.32 Å². The van der Waals surface area contributed by atoms with Gasteiger partial charge >= 0.3 is 6.01 Å². The van der Waals surface area contributed by atoms with Crippen LogP contribution in [-0.2, 0) is 4.79 Å². The summed E-state index contributed by atoms with van der Waals surface area (Å²) in [5.41, 5.74) is 2.55. The van der Waals surface area contributed by atoms with Gasteiger partial charge in [0.25, 0.3) is 11.8 Å². The topological polar surface area (TPSA) is 93.2 Å². The van der Waals surface area contributed by atoms with Gasteiger partial charge in [0.15, 0.2) is 0 Å². The normalized spacial score (nSPS) is 11.3. The number of carbonyl (C=O) groups excluding carboxylic acids is 2. The molecule has 1 unspecified atom stereocenters. The van der Waals surface area contributed by atoms with Gasteiger partial charge in [-0.3, -0.25) is 9.59 Å². The van der Waals surface area contributed by atoms with E-state index in [4.69, 9.17) is 4.74 Å². The van der Waals surface area contributed by atoms with Gasteiger partial charge in [0.05, 0.1) is 0 Å². The zero-order valence-electron chi connectivity index (χ0n) is 17.9. The molecule has 0 aliphatic rings. The first kappa shape index (κ1) is 21.7. The van der Waals surface area contributed by atoms with E-state index in [2.05, 4.69) is 20.6 Å². The molecule has 0 saturated heterocycles. The Labute approximate surface area is 191 Å². The Balaban J connectivity index is 1.52. The van der Waals surface area contributed by atoms with Gasteiger partial charge < -0.3 is 15.4 Å². The van der Waals surface area contributed by atoms with Crippen LogP contribution in [0.2, 0.25) is 0 Å². The molecule has 7 heteroatoms. The monoisotopic (exact) mass is 438 g/mol. The van der Waals surface area contributed by atoms with Crippen LogP contribution in [0.25, 0.3) is 0 Å². The molecular formula is C26H22N4O3. The van der Waals surface area contributed by atoms with Crippen LogP contribution in [0.1, 0.15) is 27.5 Å². The van der Waals surface area contributed by atoms with E-state index in [9.17, 15) is 9.59 Å². The van der Waals surface area contributed by atoms with Crippen LogP contribution in [0.5, 0.6) is 11.8 Å². The fraction of sp³-hybridized carbons (Fsp3) is 0.0769. The molecule has 4 rings (SSSR count). The molecule has 0 fully saturated rings. The Bertz CT molecular complexity index is 1230. The fourth-order valence-electron chi connectivity index (χ4n) is 3.24. The lowest BCUT2D eigenvalue weighted by Crippen LogP contribution is -2.37. The van der Waals surface area contributed by atoms with E-state index in [1.807, 2.05) is 31.2 Å². The van der Waals surface area contributed by atoms with E-state index in [0.29, 0.717) is 22.6 Å². The van der Waals surface area contributed by atoms with E-state index >= 15 is 0 Å². The molecule has 0 aliphatic carbocycles. The first-order valence-electron chi connectivity index (χ1n) is 10.4. The first-order valence-corrected chi connectivity index (χ1v) is 10.4. The number of aryl methyl sites for hydroxylation is 1. The van der Waals surface area contributed by atoms with Crippen molar-refractivity contribution in [3.05, 3.63) is 114 Å². The maximum Gasteiger partial charge on any atom is 0.321 e. The third kappa shape index (κ3) is 5.59. The first-order chi connectivity index (χ1) is 16.1. The smallest absolute Gasteiger partial charge is 0.321 e. The SMILES string of the molecule is Cc1cc(Oc2ncccn2)ccc1NC(=O)C(NC(=O)c1ccccc1)c1ccccc1. The fourth-order valence-corrected chi connectivity index (χ4v) is 3.24. The summed E-state index contributed by atoms with van der Waals surface area (Å²) in [5, 5.41) is 5.76. The summed E-state index contributed by atoms with van der Waals surface area (Å²) >= 11 is 0. The Kier molecular flexibility index (Phi) is 6.70. The van der Waals surface area contributed by atoms with Crippen LogP contribution in [-0.4, -0.2) is 21.8 Å². The number of hydrogen-bond donors (Lipinski definition) is 2. The largest absolute Gasteiger partial charge is 0.424 e. The van der Waals surface area contributed by atoms with Gasteiger partial charge in [0, 0.05) is 23.6 Å². The van der Waals surface area contributed by atoms with Gasteiger partial charge in [-0.05, 0) is 54.4 Å². The van der Waals surface area contributed by atoms with Crippen molar-refractivity contribution in [2.24, 2.45) is 0 Å². The molecule has 0 saturated carbocycles. The second-order valence-corrected chi connectivity index (χ2v) is 7.28. The molecule has 2 amide bonds. The molecule has 2 N–H and O–H groups in total. The lowest BCUT2D eigenvalue weighted by molar-refractivity contribution is -0.118. The standard InChI is InChI=1S/C26H22N4O3/c1-18-17-21(33-26-27-15-8-16-28-26)13-14-22(18)29-25(32)23(19-9-4-2-5-10-19)30-24(31)20-11-6-3-7-12-20/h2-17,23H,1H3,(H,29,32)(H,30,31). The third-order valence-corrected chi connectivity index (χ3v) is 4.91. The van der Waals surface area contributed by atoms with Crippen LogP contribution in [0.3, 0.4) is 0 Å². The summed E-state index contributed by atoms with van der Waals surface area (Å²) in [6, 6.07) is 24.2. The summed E-state index contributed by atoms with van der Waals surface area (Å²) in [4.78, 5) is 34.1. The number of hydrogen-bond acceptors (Lipinski definition) is 5. The van der Waals surface area contributed by atoms with Crippen LogP contribution < -0.4 is 15.4 Å². The predicted octanol–water partition coefficient (Wildman–Crippen LogP) is 4.69. The molecule has 0 bridgehead atoms. The van der Waals surface area contributed by atoms with Gasteiger partial charge in [0.1, 0.15) is 11.8 Å². The molecule has 7 nitrogen and oxygen atoms in total. The molecule has 1 atom stereocenters. The van der Waals surface area contributed by atoms with Crippen LogP contribution >= 0.6 is 0 Å². The van der Waals surface area contributed by atoms with Gasteiger partial charge in [-0.15, -0.1) is 0 Å². The Morgan fingerprint density at radius 3 is 2.18 bits per heavy atom. The number of rotatable bonds is 7. The Morgan fingerprint density at radius 1 is 0.848 bits per heavy atom. The molecule has 0 aliphatic heterocycles. The minimum absolute atomic E-state index is 0.237. The van der Waals surface area contributed by atoms with Crippen molar-refractivity contribution in [2.45, 2.75) is 13.0 Å². The number of nitrogens with zero attached hydrogens (tertiary/aromatic N) is 2. The number of benzene rings is 3. The maximum absolute atomic E-state index is 13.2. The summed E-state index contributed by atoms with van der Waals surface area (Å²) < 4.78 is 5.65. The molecule has 1 heterocycles. The minimum Gasteiger partial charge on any atom is -0.424 e. The van der Waals surface area contributed by atoms with Gasteiger partial charge in [-0.1, -0.05) is 48.5 Å². The molecule has 0 radical (unpaired) electrons. The highest BCUT2D eigenvalue weighted by Crippen LogP contribution is 2.25. The number of aromatic nitrogens is 2. The summed E-state index contributed by atoms with van der Waals surface area (Å²) in [5.74, 6) is -0.134. The molecule has 0 spiro atoms. The van der Waals surface area contributed by atoms with Crippen molar-refractivity contribution in [3.8, 4) is 11.8 Å². The molecule has 1 aromatic heterocycles. The van der Waals surface area contributed by atoms with Gasteiger partial charge in [-0.25, -0.2) is 9.97 Å². The van der Waals surface area contributed by atoms with Crippen molar-refractivity contribution in [1.82, 2.24) is 15.3 Å². The van der Waals surface area contributed by atoms with Crippen molar-refractivity contribution in [3.63, 3.8) is 0 Å². The zero-order valence-corrected chi connectivity index (χ0v) is 17.9. The van der Waals surface area contributed by atoms with Crippen molar-refractivity contribution in [1.29, 1.82) is 0 Å². The van der Waals surface area contributed by atoms with Gasteiger partial charge in [0.2, 0.25) is 0 Å². The summed E-state index contributed by atoms with van der Waals surface area (Å²) in [6.07, 6.45) is 3.19. The number of carbonyl (C=O) groups is 2. The zero-order chi connectivity index (χ0) is 23.0. The average molecular weight is 438 g/mol. The molecular weight excluding hydrogens is 416 g/mol. The van der Waals surface area contributed by atoms with Crippen LogP contribution in [0.4, 0.5) is 5.69 Å². The quantitative estimate of drug-likeness (QED) is 0.437. The predicted molar refractivity (Wildman–Crippen MR) is 125 cm³/mol. The van der Waals surface area contributed by atoms with E-state index in [-0.39, 0.29) is 17.8 Å². The Morgan fingerprint density at radius 2 is 1.52 bits per heavy atom. The highest BCUT2D eigenvalue weighted by Gasteiger charge is 2.24. The summed E-state index contributed by atoms with van der Waals surface area (Å²) in [6.45, 7) is 1.86. The van der Waals surface area contributed by atoms with Crippen molar-refractivity contribution >= 4 is 17.5 Å². The van der Waals surface area contributed by atoms with Crippen LogP contribution in [0.15, 0.2) is 97.3 Å². The van der Waals surface area contributed by atoms with E-state index < -0.39 is 6.04 Å². The molecule has 3 aromatic carbocycles. The third-order valence-electron chi connectivity index (χ3n) is 4.91. The van der Waals surface area contributed by atoms with Crippen molar-refractivity contribution < 1.29 is 14.3 Å². The highest BCUT2D eigenvalue weighted by atomic mass is 16.5. The van der Waals surface area contributed by atoms with E-state index in [1.165, 1.54) is 0 Å². The summed E-state index contributed by atoms with van der Waals surface area (Å²) in [7, 11) is 0. The Hall–Kier alpha value is -4.52. The lowest BCUT2D eigenvalue weighted by atomic mass is 10.0. The van der Waals surface area contributed by atoms with E-state index in [1.54, 1.807) is 73.1 Å². The maximum atomic E-state index is 13.2. The minimum atomic E-state index is -0.869. The second-order valence-electron chi connectivity index (χ2n) is 7.28. The molecule has 4 aromatic rings. The number of amides is 2. The number of anilines is 1. The lowest BCUT2D eigenvalue weighted by Gasteiger charge is -2.20. The van der Waals surface area contributed by atoms with Crippen LogP contribution in [0, 0.1) is 6.92 Å². The van der Waals surface area contributed by atoms with E-state index in [0.717, 1.165) is 5.56 Å². The molecule has 164 valence electrons.